The number of carboxylic acids is 1. The standard InChI is InChI=1S/C16H34N2O2/c1-7-10-17-16(6,15(19)20)12-18(11-13(4)5)14(8-2)9-3/h13-14,17H,7-12H2,1-6H3,(H,19,20). The van der Waals surface area contributed by atoms with E-state index in [1.54, 1.807) is 6.92 Å². The molecule has 0 amide bonds. The molecule has 0 radical (unpaired) electrons. The van der Waals surface area contributed by atoms with Crippen LogP contribution in [0.5, 0.6) is 0 Å². The summed E-state index contributed by atoms with van der Waals surface area (Å²) in [5.41, 5.74) is -0.868. The van der Waals surface area contributed by atoms with Crippen LogP contribution in [0.25, 0.3) is 0 Å². The zero-order valence-corrected chi connectivity index (χ0v) is 14.2. The summed E-state index contributed by atoms with van der Waals surface area (Å²) in [5.74, 6) is -0.217. The number of nitrogens with zero attached hydrogens (tertiary/aromatic N) is 1. The molecule has 20 heavy (non-hydrogen) atoms. The molecule has 4 heteroatoms. The number of hydrogen-bond acceptors (Lipinski definition) is 3. The minimum absolute atomic E-state index is 0.458. The lowest BCUT2D eigenvalue weighted by Crippen LogP contribution is -2.59. The van der Waals surface area contributed by atoms with Crippen molar-refractivity contribution in [2.45, 2.75) is 72.4 Å². The van der Waals surface area contributed by atoms with Crippen molar-refractivity contribution < 1.29 is 9.90 Å². The van der Waals surface area contributed by atoms with Crippen LogP contribution in [0.4, 0.5) is 0 Å². The van der Waals surface area contributed by atoms with Crippen LogP contribution in [0.2, 0.25) is 0 Å². The summed E-state index contributed by atoms with van der Waals surface area (Å²) in [7, 11) is 0. The highest BCUT2D eigenvalue weighted by molar-refractivity contribution is 5.78. The number of nitrogens with one attached hydrogen (secondary N) is 1. The summed E-state index contributed by atoms with van der Waals surface area (Å²) < 4.78 is 0. The second-order valence-electron chi connectivity index (χ2n) is 6.36. The van der Waals surface area contributed by atoms with Gasteiger partial charge in [0.2, 0.25) is 0 Å². The zero-order chi connectivity index (χ0) is 15.8. The highest BCUT2D eigenvalue weighted by Gasteiger charge is 2.35. The van der Waals surface area contributed by atoms with Gasteiger partial charge in [0, 0.05) is 19.1 Å². The fourth-order valence-corrected chi connectivity index (χ4v) is 2.62. The van der Waals surface area contributed by atoms with Gasteiger partial charge in [0.25, 0.3) is 0 Å². The van der Waals surface area contributed by atoms with Crippen molar-refractivity contribution in [3.63, 3.8) is 0 Å². The lowest BCUT2D eigenvalue weighted by Gasteiger charge is -2.38. The van der Waals surface area contributed by atoms with Crippen LogP contribution in [0.15, 0.2) is 0 Å². The molecular weight excluding hydrogens is 252 g/mol. The first-order chi connectivity index (χ1) is 9.30. The van der Waals surface area contributed by atoms with E-state index in [1.165, 1.54) is 0 Å². The molecule has 0 aliphatic rings. The largest absolute Gasteiger partial charge is 0.480 e. The second-order valence-corrected chi connectivity index (χ2v) is 6.36. The first-order valence-electron chi connectivity index (χ1n) is 8.03. The Kier molecular flexibility index (Phi) is 9.06. The summed E-state index contributed by atoms with van der Waals surface area (Å²) in [6.45, 7) is 14.8. The van der Waals surface area contributed by atoms with Gasteiger partial charge in [0.15, 0.2) is 0 Å². The van der Waals surface area contributed by atoms with E-state index in [-0.39, 0.29) is 0 Å². The summed E-state index contributed by atoms with van der Waals surface area (Å²) in [6.07, 6.45) is 3.07. The highest BCUT2D eigenvalue weighted by atomic mass is 16.4. The van der Waals surface area contributed by atoms with Gasteiger partial charge >= 0.3 is 5.97 Å². The molecule has 0 aromatic rings. The second kappa shape index (κ2) is 9.35. The van der Waals surface area contributed by atoms with Gasteiger partial charge in [-0.25, -0.2) is 0 Å². The lowest BCUT2D eigenvalue weighted by atomic mass is 9.98. The average Bonchev–Trinajstić information content (AvgIpc) is 2.36. The van der Waals surface area contributed by atoms with Crippen molar-refractivity contribution in [3.05, 3.63) is 0 Å². The molecule has 0 aliphatic heterocycles. The number of rotatable bonds is 11. The molecule has 0 saturated carbocycles. The lowest BCUT2D eigenvalue weighted by molar-refractivity contribution is -0.145. The highest BCUT2D eigenvalue weighted by Crippen LogP contribution is 2.16. The Labute approximate surface area is 124 Å². The maximum absolute atomic E-state index is 11.7. The van der Waals surface area contributed by atoms with Crippen molar-refractivity contribution in [3.8, 4) is 0 Å². The Morgan fingerprint density at radius 3 is 2.15 bits per heavy atom. The number of hydrogen-bond donors (Lipinski definition) is 2. The van der Waals surface area contributed by atoms with E-state index in [0.717, 1.165) is 32.4 Å². The van der Waals surface area contributed by atoms with Crippen LogP contribution in [0.1, 0.15) is 60.8 Å². The van der Waals surface area contributed by atoms with E-state index in [2.05, 4.69) is 44.8 Å². The number of carboxylic acid groups (broad SMARTS) is 1. The zero-order valence-electron chi connectivity index (χ0n) is 14.2. The van der Waals surface area contributed by atoms with Crippen molar-refractivity contribution in [2.24, 2.45) is 5.92 Å². The quantitative estimate of drug-likeness (QED) is 0.613. The fraction of sp³-hybridized carbons (Fsp3) is 0.938. The Balaban J connectivity index is 5.00. The molecule has 120 valence electrons. The third-order valence-corrected chi connectivity index (χ3v) is 3.82. The third-order valence-electron chi connectivity index (χ3n) is 3.82. The Morgan fingerprint density at radius 1 is 1.25 bits per heavy atom. The molecule has 0 aliphatic carbocycles. The molecule has 0 rings (SSSR count). The van der Waals surface area contributed by atoms with E-state index in [4.69, 9.17) is 0 Å². The van der Waals surface area contributed by atoms with Crippen molar-refractivity contribution in [1.82, 2.24) is 10.2 Å². The van der Waals surface area contributed by atoms with E-state index < -0.39 is 11.5 Å². The third kappa shape index (κ3) is 6.23. The molecule has 0 aromatic carbocycles. The molecule has 4 nitrogen and oxygen atoms in total. The van der Waals surface area contributed by atoms with E-state index in [1.807, 2.05) is 0 Å². The topological polar surface area (TPSA) is 52.6 Å². The van der Waals surface area contributed by atoms with E-state index in [9.17, 15) is 9.90 Å². The van der Waals surface area contributed by atoms with Gasteiger partial charge in [-0.3, -0.25) is 9.69 Å². The summed E-state index contributed by atoms with van der Waals surface area (Å²) in [6, 6.07) is 0.458. The monoisotopic (exact) mass is 286 g/mol. The van der Waals surface area contributed by atoms with Crippen molar-refractivity contribution in [2.75, 3.05) is 19.6 Å². The average molecular weight is 286 g/mol. The molecular formula is C16H34N2O2. The molecule has 2 N–H and O–H groups in total. The molecule has 0 saturated heterocycles. The molecule has 0 heterocycles. The summed E-state index contributed by atoms with van der Waals surface area (Å²) in [4.78, 5) is 14.0. The first-order valence-corrected chi connectivity index (χ1v) is 8.03. The van der Waals surface area contributed by atoms with Crippen LogP contribution in [-0.2, 0) is 4.79 Å². The Morgan fingerprint density at radius 2 is 1.80 bits per heavy atom. The SMILES string of the molecule is CCCNC(C)(CN(CC(C)C)C(CC)CC)C(=O)O. The van der Waals surface area contributed by atoms with Crippen LogP contribution >= 0.6 is 0 Å². The predicted molar refractivity (Wildman–Crippen MR) is 85.1 cm³/mol. The fourth-order valence-electron chi connectivity index (χ4n) is 2.62. The Bertz CT molecular complexity index is 278. The van der Waals surface area contributed by atoms with E-state index >= 15 is 0 Å². The van der Waals surface area contributed by atoms with Gasteiger partial charge in [0.1, 0.15) is 5.54 Å². The maximum atomic E-state index is 11.7. The molecule has 0 aromatic heterocycles. The molecule has 1 unspecified atom stereocenters. The van der Waals surface area contributed by atoms with Gasteiger partial charge in [0.05, 0.1) is 0 Å². The maximum Gasteiger partial charge on any atom is 0.324 e. The molecule has 0 fully saturated rings. The van der Waals surface area contributed by atoms with Crippen LogP contribution in [-0.4, -0.2) is 47.2 Å². The van der Waals surface area contributed by atoms with Gasteiger partial charge in [-0.1, -0.05) is 34.6 Å². The first kappa shape index (κ1) is 19.4. The van der Waals surface area contributed by atoms with Gasteiger partial charge in [-0.05, 0) is 38.6 Å². The molecule has 1 atom stereocenters. The van der Waals surface area contributed by atoms with E-state index in [0.29, 0.717) is 18.5 Å². The number of carbonyl (C=O) groups is 1. The summed E-state index contributed by atoms with van der Waals surface area (Å²) >= 11 is 0. The van der Waals surface area contributed by atoms with Gasteiger partial charge in [-0.2, -0.15) is 0 Å². The molecule has 0 spiro atoms. The summed E-state index contributed by atoms with van der Waals surface area (Å²) in [5, 5.41) is 12.8. The minimum Gasteiger partial charge on any atom is -0.480 e. The predicted octanol–water partition coefficient (Wildman–Crippen LogP) is 2.98. The minimum atomic E-state index is -0.868. The normalized spacial score (nSPS) is 15.1. The van der Waals surface area contributed by atoms with Crippen LogP contribution in [0.3, 0.4) is 0 Å². The van der Waals surface area contributed by atoms with Gasteiger partial charge in [-0.15, -0.1) is 0 Å². The Hall–Kier alpha value is -0.610. The van der Waals surface area contributed by atoms with Crippen LogP contribution < -0.4 is 5.32 Å². The molecule has 0 bridgehead atoms. The van der Waals surface area contributed by atoms with Crippen molar-refractivity contribution in [1.29, 1.82) is 0 Å². The van der Waals surface area contributed by atoms with Gasteiger partial charge < -0.3 is 10.4 Å². The van der Waals surface area contributed by atoms with Crippen molar-refractivity contribution >= 4 is 5.97 Å². The van der Waals surface area contributed by atoms with Crippen LogP contribution in [0, 0.1) is 5.92 Å². The number of aliphatic carboxylic acids is 1. The smallest absolute Gasteiger partial charge is 0.324 e.